The Morgan fingerprint density at radius 1 is 1.28 bits per heavy atom. The lowest BCUT2D eigenvalue weighted by Crippen LogP contribution is -2.53. The van der Waals surface area contributed by atoms with Crippen LogP contribution < -0.4 is 0 Å². The van der Waals surface area contributed by atoms with Crippen LogP contribution in [0.5, 0.6) is 0 Å². The number of rotatable bonds is 4. The summed E-state index contributed by atoms with van der Waals surface area (Å²) in [7, 11) is 0. The van der Waals surface area contributed by atoms with Crippen LogP contribution in [0, 0.1) is 11.8 Å². The first-order valence-corrected chi connectivity index (χ1v) is 10.6. The maximum absolute atomic E-state index is 13.4. The Labute approximate surface area is 171 Å². The van der Waals surface area contributed by atoms with Crippen molar-refractivity contribution in [3.8, 4) is 0 Å². The number of aromatic nitrogens is 1. The van der Waals surface area contributed by atoms with E-state index in [4.69, 9.17) is 4.74 Å². The molecular weight excluding hydrogens is 368 g/mol. The molecule has 0 aromatic carbocycles. The molecular formula is C22H28N4O3. The van der Waals surface area contributed by atoms with Gasteiger partial charge in [0.05, 0.1) is 30.2 Å². The lowest BCUT2D eigenvalue weighted by Gasteiger charge is -2.37. The van der Waals surface area contributed by atoms with Crippen LogP contribution in [0.25, 0.3) is 0 Å². The van der Waals surface area contributed by atoms with Crippen LogP contribution in [0.2, 0.25) is 0 Å². The lowest BCUT2D eigenvalue weighted by atomic mass is 9.76. The fraction of sp³-hybridized carbons (Fsp3) is 0.591. The van der Waals surface area contributed by atoms with Gasteiger partial charge >= 0.3 is 0 Å². The topological polar surface area (TPSA) is 66.0 Å². The molecule has 4 aliphatic heterocycles. The molecule has 7 heteroatoms. The minimum Gasteiger partial charge on any atom is -0.360 e. The van der Waals surface area contributed by atoms with Gasteiger partial charge in [0.15, 0.2) is 0 Å². The van der Waals surface area contributed by atoms with Crippen molar-refractivity contribution in [2.75, 3.05) is 32.7 Å². The monoisotopic (exact) mass is 396 g/mol. The van der Waals surface area contributed by atoms with E-state index in [0.29, 0.717) is 19.6 Å². The first kappa shape index (κ1) is 18.8. The van der Waals surface area contributed by atoms with Gasteiger partial charge in [-0.05, 0) is 26.0 Å². The van der Waals surface area contributed by atoms with Gasteiger partial charge in [0.25, 0.3) is 0 Å². The first-order valence-electron chi connectivity index (χ1n) is 10.6. The van der Waals surface area contributed by atoms with E-state index in [9.17, 15) is 9.59 Å². The van der Waals surface area contributed by atoms with Crippen LogP contribution in [-0.2, 0) is 20.9 Å². The number of amides is 2. The van der Waals surface area contributed by atoms with E-state index in [1.807, 2.05) is 60.2 Å². The number of pyridine rings is 1. The molecule has 0 aliphatic carbocycles. The molecule has 2 amide bonds. The molecule has 29 heavy (non-hydrogen) atoms. The number of piperazine rings is 1. The maximum Gasteiger partial charge on any atom is 0.230 e. The molecule has 154 valence electrons. The molecule has 0 radical (unpaired) electrons. The van der Waals surface area contributed by atoms with Crippen molar-refractivity contribution < 1.29 is 14.3 Å². The molecule has 4 unspecified atom stereocenters. The molecule has 7 nitrogen and oxygen atoms in total. The smallest absolute Gasteiger partial charge is 0.230 e. The summed E-state index contributed by atoms with van der Waals surface area (Å²) in [5, 5.41) is 0. The molecule has 3 fully saturated rings. The molecule has 0 saturated carbocycles. The summed E-state index contributed by atoms with van der Waals surface area (Å²) in [6, 6.07) is 6.06. The minimum atomic E-state index is -0.604. The zero-order chi connectivity index (χ0) is 20.2. The number of carbonyl (C=O) groups excluding carboxylic acids is 2. The number of hydrogen-bond acceptors (Lipinski definition) is 5. The van der Waals surface area contributed by atoms with E-state index in [1.54, 1.807) is 0 Å². The van der Waals surface area contributed by atoms with Crippen LogP contribution in [0.1, 0.15) is 19.5 Å². The van der Waals surface area contributed by atoms with Crippen LogP contribution in [-0.4, -0.2) is 82.0 Å². The van der Waals surface area contributed by atoms with Crippen molar-refractivity contribution in [3.05, 3.63) is 42.2 Å². The predicted molar refractivity (Wildman–Crippen MR) is 107 cm³/mol. The zero-order valence-electron chi connectivity index (χ0n) is 17.0. The normalized spacial score (nSPS) is 33.8. The van der Waals surface area contributed by atoms with Gasteiger partial charge in [-0.2, -0.15) is 0 Å². The SMILES string of the molecule is CC(C)N1CC23C=CC(O2)C(C(=O)N2CCN(Cc4ccccn4)CC2)C3C1=O. The molecule has 3 saturated heterocycles. The summed E-state index contributed by atoms with van der Waals surface area (Å²) in [6.07, 6.45) is 5.56. The van der Waals surface area contributed by atoms with E-state index in [2.05, 4.69) is 9.88 Å². The van der Waals surface area contributed by atoms with E-state index in [-0.39, 0.29) is 29.9 Å². The fourth-order valence-electron chi connectivity index (χ4n) is 5.31. The quantitative estimate of drug-likeness (QED) is 0.708. The summed E-state index contributed by atoms with van der Waals surface area (Å²) in [5.41, 5.74) is 0.443. The van der Waals surface area contributed by atoms with Crippen molar-refractivity contribution in [1.29, 1.82) is 0 Å². The molecule has 4 aliphatic rings. The highest BCUT2D eigenvalue weighted by Crippen LogP contribution is 2.52. The molecule has 1 spiro atoms. The third kappa shape index (κ3) is 2.99. The largest absolute Gasteiger partial charge is 0.360 e. The Morgan fingerprint density at radius 3 is 2.76 bits per heavy atom. The highest BCUT2D eigenvalue weighted by atomic mass is 16.5. The van der Waals surface area contributed by atoms with E-state index >= 15 is 0 Å². The van der Waals surface area contributed by atoms with Crippen molar-refractivity contribution in [1.82, 2.24) is 19.7 Å². The number of fused-ring (bicyclic) bond motifs is 1. The average Bonchev–Trinajstić information content (AvgIpc) is 3.37. The second-order valence-electron chi connectivity index (χ2n) is 8.88. The molecule has 4 atom stereocenters. The van der Waals surface area contributed by atoms with Crippen LogP contribution in [0.15, 0.2) is 36.5 Å². The highest BCUT2D eigenvalue weighted by molar-refractivity contribution is 5.93. The van der Waals surface area contributed by atoms with Crippen molar-refractivity contribution in [3.63, 3.8) is 0 Å². The summed E-state index contributed by atoms with van der Waals surface area (Å²) in [5.74, 6) is -0.626. The van der Waals surface area contributed by atoms with Gasteiger partial charge in [0, 0.05) is 45.0 Å². The lowest BCUT2D eigenvalue weighted by molar-refractivity contribution is -0.145. The Balaban J connectivity index is 1.26. The molecule has 0 N–H and O–H groups in total. The Hall–Kier alpha value is -2.25. The Bertz CT molecular complexity index is 834. The molecule has 2 bridgehead atoms. The van der Waals surface area contributed by atoms with Gasteiger partial charge in [-0.3, -0.25) is 19.5 Å². The first-order chi connectivity index (χ1) is 14.0. The Kier molecular flexibility index (Phi) is 4.47. The zero-order valence-corrected chi connectivity index (χ0v) is 17.0. The number of likely N-dealkylation sites (tertiary alicyclic amines) is 1. The summed E-state index contributed by atoms with van der Waals surface area (Å²) >= 11 is 0. The molecule has 5 heterocycles. The van der Waals surface area contributed by atoms with Gasteiger partial charge in [-0.25, -0.2) is 0 Å². The van der Waals surface area contributed by atoms with Gasteiger partial charge in [-0.15, -0.1) is 0 Å². The second kappa shape index (κ2) is 6.92. The molecule has 5 rings (SSSR count). The third-order valence-electron chi connectivity index (χ3n) is 6.83. The fourth-order valence-corrected chi connectivity index (χ4v) is 5.31. The number of ether oxygens (including phenoxy) is 1. The minimum absolute atomic E-state index is 0.0685. The van der Waals surface area contributed by atoms with Gasteiger partial charge in [-0.1, -0.05) is 18.2 Å². The standard InChI is InChI=1S/C22H28N4O3/c1-15(2)26-14-22-7-6-17(29-22)18(19(22)21(26)28)20(27)25-11-9-24(10-12-25)13-16-5-3-4-8-23-16/h3-8,15,17-19H,9-14H2,1-2H3. The van der Waals surface area contributed by atoms with Crippen molar-refractivity contribution >= 4 is 11.8 Å². The third-order valence-corrected chi connectivity index (χ3v) is 6.83. The number of hydrogen-bond donors (Lipinski definition) is 0. The maximum atomic E-state index is 13.4. The molecule has 1 aromatic heterocycles. The summed E-state index contributed by atoms with van der Waals surface area (Å²) < 4.78 is 6.22. The van der Waals surface area contributed by atoms with Crippen molar-refractivity contribution in [2.45, 2.75) is 38.1 Å². The van der Waals surface area contributed by atoms with E-state index < -0.39 is 11.5 Å². The summed E-state index contributed by atoms with van der Waals surface area (Å²) in [4.78, 5) is 37.0. The van der Waals surface area contributed by atoms with Gasteiger partial charge in [0.1, 0.15) is 5.60 Å². The van der Waals surface area contributed by atoms with Gasteiger partial charge < -0.3 is 14.5 Å². The van der Waals surface area contributed by atoms with Crippen LogP contribution in [0.4, 0.5) is 0 Å². The predicted octanol–water partition coefficient (Wildman–Crippen LogP) is 0.916. The summed E-state index contributed by atoms with van der Waals surface area (Å²) in [6.45, 7) is 8.39. The van der Waals surface area contributed by atoms with Crippen LogP contribution >= 0.6 is 0 Å². The second-order valence-corrected chi connectivity index (χ2v) is 8.88. The van der Waals surface area contributed by atoms with E-state index in [0.717, 1.165) is 25.3 Å². The van der Waals surface area contributed by atoms with E-state index in [1.165, 1.54) is 0 Å². The number of nitrogens with zero attached hydrogens (tertiary/aromatic N) is 4. The van der Waals surface area contributed by atoms with Crippen molar-refractivity contribution in [2.24, 2.45) is 11.8 Å². The highest BCUT2D eigenvalue weighted by Gasteiger charge is 2.67. The Morgan fingerprint density at radius 2 is 2.07 bits per heavy atom. The number of carbonyl (C=O) groups is 2. The van der Waals surface area contributed by atoms with Crippen LogP contribution in [0.3, 0.4) is 0 Å². The average molecular weight is 396 g/mol. The van der Waals surface area contributed by atoms with Gasteiger partial charge in [0.2, 0.25) is 11.8 Å². The molecule has 1 aromatic rings.